The summed E-state index contributed by atoms with van der Waals surface area (Å²) in [5, 5.41) is 6.56. The van der Waals surface area contributed by atoms with Gasteiger partial charge in [0, 0.05) is 25.3 Å². The minimum atomic E-state index is 0.0345. The fourth-order valence-corrected chi connectivity index (χ4v) is 3.09. The van der Waals surface area contributed by atoms with Crippen LogP contribution in [-0.4, -0.2) is 31.7 Å². The van der Waals surface area contributed by atoms with Crippen LogP contribution in [0.3, 0.4) is 0 Å². The molecule has 0 aromatic heterocycles. The third-order valence-electron chi connectivity index (χ3n) is 4.29. The summed E-state index contributed by atoms with van der Waals surface area (Å²) >= 11 is 0. The van der Waals surface area contributed by atoms with Gasteiger partial charge in [-0.15, -0.1) is 0 Å². The topological polar surface area (TPSA) is 50.4 Å². The standard InChI is InChI=1S/C19H30N2O2/c1-14-6-5-7-15(12-14)18(19(2,3)4)20-13-17(22)21-16-8-10-23-11-9-16/h5-7,12,16,18,20H,8-11,13H2,1-4H3,(H,21,22)/t18-/m1/s1. The van der Waals surface area contributed by atoms with Gasteiger partial charge in [0.25, 0.3) is 0 Å². The van der Waals surface area contributed by atoms with Crippen LogP contribution in [0.2, 0.25) is 0 Å². The number of ether oxygens (including phenoxy) is 1. The number of carbonyl (C=O) groups is 1. The van der Waals surface area contributed by atoms with Crippen molar-refractivity contribution in [3.63, 3.8) is 0 Å². The molecular formula is C19H30N2O2. The van der Waals surface area contributed by atoms with E-state index in [2.05, 4.69) is 62.6 Å². The zero-order valence-corrected chi connectivity index (χ0v) is 14.8. The van der Waals surface area contributed by atoms with Crippen LogP contribution in [0.5, 0.6) is 0 Å². The van der Waals surface area contributed by atoms with Crippen LogP contribution in [0.4, 0.5) is 0 Å². The second kappa shape index (κ2) is 7.93. The second-order valence-corrected chi connectivity index (χ2v) is 7.55. The number of rotatable bonds is 5. The van der Waals surface area contributed by atoms with Gasteiger partial charge in [0.05, 0.1) is 6.54 Å². The number of benzene rings is 1. The maximum absolute atomic E-state index is 12.2. The highest BCUT2D eigenvalue weighted by molar-refractivity contribution is 5.78. The largest absolute Gasteiger partial charge is 0.381 e. The Bertz CT molecular complexity index is 516. The minimum absolute atomic E-state index is 0.0345. The molecule has 128 valence electrons. The lowest BCUT2D eigenvalue weighted by molar-refractivity contribution is -0.121. The maximum atomic E-state index is 12.2. The molecule has 2 rings (SSSR count). The van der Waals surface area contributed by atoms with Gasteiger partial charge in [0.15, 0.2) is 0 Å². The Morgan fingerprint density at radius 1 is 1.30 bits per heavy atom. The van der Waals surface area contributed by atoms with E-state index in [1.54, 1.807) is 0 Å². The van der Waals surface area contributed by atoms with Gasteiger partial charge in [0.1, 0.15) is 0 Å². The molecule has 4 heteroatoms. The Morgan fingerprint density at radius 2 is 2.00 bits per heavy atom. The van der Waals surface area contributed by atoms with E-state index < -0.39 is 0 Å². The van der Waals surface area contributed by atoms with E-state index in [1.807, 2.05) is 0 Å². The summed E-state index contributed by atoms with van der Waals surface area (Å²) in [6, 6.07) is 8.90. The van der Waals surface area contributed by atoms with E-state index in [1.165, 1.54) is 11.1 Å². The molecule has 0 saturated carbocycles. The first-order valence-corrected chi connectivity index (χ1v) is 8.53. The number of hydrogen-bond acceptors (Lipinski definition) is 3. The van der Waals surface area contributed by atoms with Gasteiger partial charge in [-0.1, -0.05) is 50.6 Å². The molecule has 1 aliphatic rings. The highest BCUT2D eigenvalue weighted by Crippen LogP contribution is 2.32. The SMILES string of the molecule is Cc1cccc([C@@H](NCC(=O)NC2CCOCC2)C(C)(C)C)c1. The molecular weight excluding hydrogens is 288 g/mol. The number of carbonyl (C=O) groups excluding carboxylic acids is 1. The van der Waals surface area contributed by atoms with Crippen molar-refractivity contribution in [3.8, 4) is 0 Å². The van der Waals surface area contributed by atoms with Crippen LogP contribution in [0.1, 0.15) is 50.8 Å². The van der Waals surface area contributed by atoms with E-state index in [-0.39, 0.29) is 23.4 Å². The second-order valence-electron chi connectivity index (χ2n) is 7.55. The molecule has 1 aromatic rings. The van der Waals surface area contributed by atoms with Crippen molar-refractivity contribution in [1.82, 2.24) is 10.6 Å². The van der Waals surface area contributed by atoms with Gasteiger partial charge in [-0.25, -0.2) is 0 Å². The number of amides is 1. The van der Waals surface area contributed by atoms with Crippen molar-refractivity contribution in [2.45, 2.75) is 52.6 Å². The molecule has 1 saturated heterocycles. The smallest absolute Gasteiger partial charge is 0.234 e. The van der Waals surface area contributed by atoms with Crippen molar-refractivity contribution < 1.29 is 9.53 Å². The summed E-state index contributed by atoms with van der Waals surface area (Å²) in [7, 11) is 0. The van der Waals surface area contributed by atoms with E-state index in [0.717, 1.165) is 26.1 Å². The van der Waals surface area contributed by atoms with E-state index in [4.69, 9.17) is 4.74 Å². The first kappa shape index (κ1) is 18.0. The fraction of sp³-hybridized carbons (Fsp3) is 0.632. The molecule has 0 aliphatic carbocycles. The Kier molecular flexibility index (Phi) is 6.19. The van der Waals surface area contributed by atoms with Gasteiger partial charge in [0.2, 0.25) is 5.91 Å². The minimum Gasteiger partial charge on any atom is -0.381 e. The van der Waals surface area contributed by atoms with Gasteiger partial charge in [-0.2, -0.15) is 0 Å². The molecule has 0 spiro atoms. The number of aryl methyl sites for hydroxylation is 1. The molecule has 1 aliphatic heterocycles. The lowest BCUT2D eigenvalue weighted by atomic mass is 9.82. The Balaban J connectivity index is 1.94. The third-order valence-corrected chi connectivity index (χ3v) is 4.29. The summed E-state index contributed by atoms with van der Waals surface area (Å²) in [6.07, 6.45) is 1.82. The van der Waals surface area contributed by atoms with Crippen molar-refractivity contribution in [3.05, 3.63) is 35.4 Å². The monoisotopic (exact) mass is 318 g/mol. The summed E-state index contributed by atoms with van der Waals surface area (Å²) in [5.74, 6) is 0.0683. The van der Waals surface area contributed by atoms with Crippen molar-refractivity contribution in [2.24, 2.45) is 5.41 Å². The summed E-state index contributed by atoms with van der Waals surface area (Å²) in [5.41, 5.74) is 2.51. The maximum Gasteiger partial charge on any atom is 0.234 e. The lowest BCUT2D eigenvalue weighted by Crippen LogP contribution is -2.45. The molecule has 0 bridgehead atoms. The molecule has 1 amide bonds. The van der Waals surface area contributed by atoms with Crippen molar-refractivity contribution in [1.29, 1.82) is 0 Å². The van der Waals surface area contributed by atoms with Crippen LogP contribution in [0.15, 0.2) is 24.3 Å². The highest BCUT2D eigenvalue weighted by Gasteiger charge is 2.27. The quantitative estimate of drug-likeness (QED) is 0.877. The molecule has 1 heterocycles. The molecule has 23 heavy (non-hydrogen) atoms. The Hall–Kier alpha value is -1.39. The zero-order valence-electron chi connectivity index (χ0n) is 14.8. The van der Waals surface area contributed by atoms with Crippen LogP contribution in [-0.2, 0) is 9.53 Å². The van der Waals surface area contributed by atoms with Gasteiger partial charge in [-0.3, -0.25) is 4.79 Å². The third kappa shape index (κ3) is 5.63. The van der Waals surface area contributed by atoms with Crippen molar-refractivity contribution >= 4 is 5.91 Å². The van der Waals surface area contributed by atoms with Crippen LogP contribution in [0.25, 0.3) is 0 Å². The number of hydrogen-bond donors (Lipinski definition) is 2. The van der Waals surface area contributed by atoms with E-state index in [9.17, 15) is 4.79 Å². The molecule has 2 N–H and O–H groups in total. The average Bonchev–Trinajstić information content (AvgIpc) is 2.47. The molecule has 0 unspecified atom stereocenters. The first-order chi connectivity index (χ1) is 10.9. The van der Waals surface area contributed by atoms with E-state index in [0.29, 0.717) is 6.54 Å². The predicted molar refractivity (Wildman–Crippen MR) is 93.4 cm³/mol. The number of nitrogens with one attached hydrogen (secondary N) is 2. The summed E-state index contributed by atoms with van der Waals surface area (Å²) in [4.78, 5) is 12.2. The van der Waals surface area contributed by atoms with Crippen molar-refractivity contribution in [2.75, 3.05) is 19.8 Å². The predicted octanol–water partition coefficient (Wildman–Crippen LogP) is 2.97. The normalized spacial score (nSPS) is 17.7. The van der Waals surface area contributed by atoms with Crippen LogP contribution < -0.4 is 10.6 Å². The Morgan fingerprint density at radius 3 is 2.61 bits per heavy atom. The van der Waals surface area contributed by atoms with Gasteiger partial charge < -0.3 is 15.4 Å². The average molecular weight is 318 g/mol. The molecule has 1 aromatic carbocycles. The highest BCUT2D eigenvalue weighted by atomic mass is 16.5. The summed E-state index contributed by atoms with van der Waals surface area (Å²) < 4.78 is 5.33. The van der Waals surface area contributed by atoms with E-state index >= 15 is 0 Å². The molecule has 4 nitrogen and oxygen atoms in total. The Labute approximate surface area is 140 Å². The molecule has 1 fully saturated rings. The molecule has 0 radical (unpaired) electrons. The van der Waals surface area contributed by atoms with Gasteiger partial charge >= 0.3 is 0 Å². The fourth-order valence-electron chi connectivity index (χ4n) is 3.09. The lowest BCUT2D eigenvalue weighted by Gasteiger charge is -2.32. The van der Waals surface area contributed by atoms with Gasteiger partial charge in [-0.05, 0) is 30.7 Å². The molecule has 1 atom stereocenters. The van der Waals surface area contributed by atoms with Crippen LogP contribution >= 0.6 is 0 Å². The zero-order chi connectivity index (χ0) is 16.9. The summed E-state index contributed by atoms with van der Waals surface area (Å²) in [6.45, 7) is 10.5. The van der Waals surface area contributed by atoms with Crippen LogP contribution in [0, 0.1) is 12.3 Å². The first-order valence-electron chi connectivity index (χ1n) is 8.53.